The van der Waals surface area contributed by atoms with Crippen LogP contribution >= 0.6 is 23.1 Å². The Morgan fingerprint density at radius 3 is 2.92 bits per heavy atom. The molecule has 7 nitrogen and oxygen atoms in total. The Morgan fingerprint density at radius 2 is 2.08 bits per heavy atom. The second kappa shape index (κ2) is 6.17. The molecule has 24 heavy (non-hydrogen) atoms. The van der Waals surface area contributed by atoms with Crippen LogP contribution in [0.3, 0.4) is 0 Å². The summed E-state index contributed by atoms with van der Waals surface area (Å²) < 4.78 is 1.33. The summed E-state index contributed by atoms with van der Waals surface area (Å²) in [6.45, 7) is 1.85. The van der Waals surface area contributed by atoms with Crippen molar-refractivity contribution in [1.82, 2.24) is 29.8 Å². The number of nitrogens with zero attached hydrogens (tertiary/aromatic N) is 5. The maximum Gasteiger partial charge on any atom is 0.275 e. The van der Waals surface area contributed by atoms with Crippen molar-refractivity contribution in [3.8, 4) is 11.4 Å². The number of aromatic amines is 1. The Morgan fingerprint density at radius 1 is 1.25 bits per heavy atom. The summed E-state index contributed by atoms with van der Waals surface area (Å²) in [6, 6.07) is 11.3. The van der Waals surface area contributed by atoms with Crippen LogP contribution in [0.1, 0.15) is 10.7 Å². The molecule has 0 spiro atoms. The van der Waals surface area contributed by atoms with E-state index in [-0.39, 0.29) is 5.56 Å². The molecule has 0 aliphatic heterocycles. The molecule has 120 valence electrons. The van der Waals surface area contributed by atoms with Gasteiger partial charge in [0.15, 0.2) is 5.82 Å². The molecule has 0 atom stereocenters. The number of rotatable bonds is 4. The van der Waals surface area contributed by atoms with Gasteiger partial charge in [0.25, 0.3) is 5.56 Å². The average Bonchev–Trinajstić information content (AvgIpc) is 3.20. The van der Waals surface area contributed by atoms with E-state index in [1.807, 2.05) is 37.3 Å². The van der Waals surface area contributed by atoms with Gasteiger partial charge in [0, 0.05) is 17.4 Å². The highest BCUT2D eigenvalue weighted by molar-refractivity contribution is 7.98. The number of H-pyrrole nitrogens is 1. The van der Waals surface area contributed by atoms with Crippen LogP contribution in [-0.2, 0) is 5.75 Å². The number of aromatic nitrogens is 6. The van der Waals surface area contributed by atoms with Crippen LogP contribution in [0.25, 0.3) is 16.3 Å². The molecule has 4 aromatic rings. The molecular formula is C15H12N6OS2. The van der Waals surface area contributed by atoms with Crippen molar-refractivity contribution in [3.63, 3.8) is 0 Å². The number of nitrogens with one attached hydrogen (secondary N) is 1. The highest BCUT2D eigenvalue weighted by Gasteiger charge is 2.10. The molecule has 3 heterocycles. The van der Waals surface area contributed by atoms with Gasteiger partial charge in [0.1, 0.15) is 5.01 Å². The minimum atomic E-state index is -0.167. The van der Waals surface area contributed by atoms with E-state index in [1.54, 1.807) is 0 Å². The molecule has 9 heteroatoms. The third-order valence-corrected chi connectivity index (χ3v) is 4.97. The number of thioether (sulfide) groups is 1. The van der Waals surface area contributed by atoms with E-state index in [0.717, 1.165) is 16.4 Å². The van der Waals surface area contributed by atoms with Gasteiger partial charge < -0.3 is 0 Å². The van der Waals surface area contributed by atoms with E-state index in [4.69, 9.17) is 0 Å². The van der Waals surface area contributed by atoms with Crippen molar-refractivity contribution in [2.24, 2.45) is 0 Å². The van der Waals surface area contributed by atoms with Crippen molar-refractivity contribution >= 4 is 28.1 Å². The normalized spacial score (nSPS) is 11.2. The number of hydrogen-bond donors (Lipinski definition) is 1. The molecule has 1 aromatic carbocycles. The second-order valence-corrected chi connectivity index (χ2v) is 7.13. The first-order valence-corrected chi connectivity index (χ1v) is 8.96. The van der Waals surface area contributed by atoms with Crippen molar-refractivity contribution in [2.75, 3.05) is 0 Å². The van der Waals surface area contributed by atoms with Crippen molar-refractivity contribution in [3.05, 3.63) is 57.5 Å². The zero-order valence-electron chi connectivity index (χ0n) is 12.6. The van der Waals surface area contributed by atoms with Crippen LogP contribution in [0.2, 0.25) is 0 Å². The third kappa shape index (κ3) is 2.95. The minimum absolute atomic E-state index is 0.167. The van der Waals surface area contributed by atoms with Gasteiger partial charge in [-0.2, -0.15) is 9.61 Å². The van der Waals surface area contributed by atoms with Gasteiger partial charge in [0.2, 0.25) is 10.1 Å². The summed E-state index contributed by atoms with van der Waals surface area (Å²) in [4.78, 5) is 21.6. The first-order valence-electron chi connectivity index (χ1n) is 7.16. The lowest BCUT2D eigenvalue weighted by atomic mass is 10.2. The van der Waals surface area contributed by atoms with Crippen LogP contribution in [0, 0.1) is 6.92 Å². The summed E-state index contributed by atoms with van der Waals surface area (Å²) in [6.07, 6.45) is 0. The molecule has 0 fully saturated rings. The van der Waals surface area contributed by atoms with Crippen LogP contribution < -0.4 is 5.56 Å². The lowest BCUT2D eigenvalue weighted by molar-refractivity contribution is 0.871. The van der Waals surface area contributed by atoms with E-state index in [9.17, 15) is 4.79 Å². The number of hydrogen-bond acceptors (Lipinski definition) is 7. The van der Waals surface area contributed by atoms with Crippen molar-refractivity contribution in [2.45, 2.75) is 17.8 Å². The molecule has 0 amide bonds. The lowest BCUT2D eigenvalue weighted by Crippen LogP contribution is -2.15. The molecular weight excluding hydrogens is 344 g/mol. The molecule has 0 unspecified atom stereocenters. The van der Waals surface area contributed by atoms with Crippen LogP contribution in [-0.4, -0.2) is 29.8 Å². The van der Waals surface area contributed by atoms with Gasteiger partial charge in [-0.05, 0) is 6.92 Å². The number of fused-ring (bicyclic) bond motifs is 1. The highest BCUT2D eigenvalue weighted by Crippen LogP contribution is 2.21. The fourth-order valence-corrected chi connectivity index (χ4v) is 3.66. The summed E-state index contributed by atoms with van der Waals surface area (Å²) >= 11 is 2.83. The van der Waals surface area contributed by atoms with Crippen LogP contribution in [0.15, 0.2) is 46.3 Å². The average molecular weight is 356 g/mol. The van der Waals surface area contributed by atoms with Crippen molar-refractivity contribution < 1.29 is 0 Å². The molecule has 0 saturated carbocycles. The van der Waals surface area contributed by atoms with E-state index in [2.05, 4.69) is 25.3 Å². The monoisotopic (exact) mass is 356 g/mol. The summed E-state index contributed by atoms with van der Waals surface area (Å²) in [5.74, 6) is 1.24. The summed E-state index contributed by atoms with van der Waals surface area (Å²) in [7, 11) is 0. The van der Waals surface area contributed by atoms with Gasteiger partial charge in [-0.3, -0.25) is 9.89 Å². The highest BCUT2D eigenvalue weighted by atomic mass is 32.2. The fraction of sp³-hybridized carbons (Fsp3) is 0.133. The Labute approximate surface area is 144 Å². The van der Waals surface area contributed by atoms with E-state index in [1.165, 1.54) is 33.7 Å². The van der Waals surface area contributed by atoms with E-state index >= 15 is 0 Å². The molecule has 0 saturated heterocycles. The Bertz CT molecular complexity index is 1050. The molecule has 3 aromatic heterocycles. The van der Waals surface area contributed by atoms with Gasteiger partial charge in [-0.1, -0.05) is 53.4 Å². The SMILES string of the molecule is Cc1nn2c(=O)cc(CSc3n[nH]c(-c4ccccc4)n3)nc2s1. The molecule has 0 aliphatic rings. The maximum absolute atomic E-state index is 12.0. The number of benzene rings is 1. The molecule has 4 rings (SSSR count). The topological polar surface area (TPSA) is 88.8 Å². The Kier molecular flexibility index (Phi) is 3.87. The molecule has 0 bridgehead atoms. The molecule has 1 N–H and O–H groups in total. The zero-order chi connectivity index (χ0) is 16.5. The van der Waals surface area contributed by atoms with Gasteiger partial charge in [-0.15, -0.1) is 5.10 Å². The van der Waals surface area contributed by atoms with Gasteiger partial charge in [0.05, 0.1) is 5.69 Å². The number of aryl methyl sites for hydroxylation is 1. The van der Waals surface area contributed by atoms with E-state index < -0.39 is 0 Å². The van der Waals surface area contributed by atoms with E-state index in [0.29, 0.717) is 21.6 Å². The first-order chi connectivity index (χ1) is 11.7. The quantitative estimate of drug-likeness (QED) is 0.565. The first kappa shape index (κ1) is 15.0. The molecule has 0 aliphatic carbocycles. The Balaban J connectivity index is 1.53. The standard InChI is InChI=1S/C15H12N6OS2/c1-9-20-21-12(22)7-11(16-15(21)24-9)8-23-14-17-13(18-19-14)10-5-3-2-4-6-10/h2-7H,8H2,1H3,(H,17,18,19). The van der Waals surface area contributed by atoms with Crippen LogP contribution in [0.5, 0.6) is 0 Å². The zero-order valence-corrected chi connectivity index (χ0v) is 14.3. The fourth-order valence-electron chi connectivity index (χ4n) is 2.20. The second-order valence-electron chi connectivity index (χ2n) is 5.02. The largest absolute Gasteiger partial charge is 0.275 e. The minimum Gasteiger partial charge on any atom is -0.267 e. The summed E-state index contributed by atoms with van der Waals surface area (Å²) in [5.41, 5.74) is 1.51. The van der Waals surface area contributed by atoms with Crippen molar-refractivity contribution in [1.29, 1.82) is 0 Å². The van der Waals surface area contributed by atoms with Gasteiger partial charge in [-0.25, -0.2) is 9.97 Å². The smallest absolute Gasteiger partial charge is 0.267 e. The predicted molar refractivity (Wildman–Crippen MR) is 93.3 cm³/mol. The lowest BCUT2D eigenvalue weighted by Gasteiger charge is -1.97. The Hall–Kier alpha value is -2.52. The maximum atomic E-state index is 12.0. The van der Waals surface area contributed by atoms with Gasteiger partial charge >= 0.3 is 0 Å². The summed E-state index contributed by atoms with van der Waals surface area (Å²) in [5, 5.41) is 12.7. The third-order valence-electron chi connectivity index (χ3n) is 3.26. The molecule has 0 radical (unpaired) electrons. The van der Waals surface area contributed by atoms with Crippen LogP contribution in [0.4, 0.5) is 0 Å². The predicted octanol–water partition coefficient (Wildman–Crippen LogP) is 2.54.